The topological polar surface area (TPSA) is 0 Å². The Morgan fingerprint density at radius 1 is 0.667 bits per heavy atom. The number of rotatable bonds is 2. The summed E-state index contributed by atoms with van der Waals surface area (Å²) in [7, 11) is -0.134. The van der Waals surface area contributed by atoms with Gasteiger partial charge in [0.2, 0.25) is 6.90 Å². The highest BCUT2D eigenvalue weighted by molar-refractivity contribution is 9.78. The lowest BCUT2D eigenvalue weighted by atomic mass is 26.6. The quantitative estimate of drug-likeness (QED) is 0.356. The highest BCUT2D eigenvalue weighted by Crippen LogP contribution is 2.35. The second-order valence-corrected chi connectivity index (χ2v) is 77.0. The molecule has 0 spiro atoms. The SMILES string of the molecule is Br[Si](Br)(Br)[SiH2][Si](Br)(Br)Br. The Hall–Kier alpha value is 3.53. The largest absolute Gasteiger partial charge is 0.247 e. The Kier molecular flexibility index (Phi) is 6.52. The molecular formula is H2Br6Si3. The van der Waals surface area contributed by atoms with Crippen molar-refractivity contribution < 1.29 is 0 Å². The molecule has 0 aliphatic carbocycles. The molecule has 0 rings (SSSR count). The lowest BCUT2D eigenvalue weighted by molar-refractivity contribution is 4.00. The van der Waals surface area contributed by atoms with Crippen LogP contribution in [0.1, 0.15) is 0 Å². The molecule has 0 N–H and O–H groups in total. The fourth-order valence-electron chi connectivity index (χ4n) is 0.227. The maximum absolute atomic E-state index is 3.59. The molecule has 0 radical (unpaired) electrons. The first-order valence-corrected chi connectivity index (χ1v) is 24.0. The van der Waals surface area contributed by atoms with E-state index in [4.69, 9.17) is 0 Å². The lowest BCUT2D eigenvalue weighted by Gasteiger charge is -2.13. The van der Waals surface area contributed by atoms with Crippen molar-refractivity contribution >= 4 is 107 Å². The lowest BCUT2D eigenvalue weighted by Crippen LogP contribution is -2.34. The van der Waals surface area contributed by atoms with Crippen LogP contribution in [0.4, 0.5) is 0 Å². The van der Waals surface area contributed by atoms with Crippen LogP contribution in [-0.4, -0.2) is 15.5 Å². The van der Waals surface area contributed by atoms with Crippen molar-refractivity contribution in [2.75, 3.05) is 0 Å². The van der Waals surface area contributed by atoms with E-state index in [1.54, 1.807) is 0 Å². The van der Waals surface area contributed by atoms with Gasteiger partial charge < -0.3 is 0 Å². The van der Waals surface area contributed by atoms with E-state index in [1.165, 1.54) is 0 Å². The van der Waals surface area contributed by atoms with Gasteiger partial charge in [-0.25, -0.2) is 0 Å². The van der Waals surface area contributed by atoms with Gasteiger partial charge in [0.25, 0.3) is 0 Å². The molecule has 0 heterocycles. The van der Waals surface area contributed by atoms with Crippen molar-refractivity contribution in [3.63, 3.8) is 0 Å². The smallest absolute Gasteiger partial charge is 0.101 e. The van der Waals surface area contributed by atoms with Crippen LogP contribution < -0.4 is 0 Å². The van der Waals surface area contributed by atoms with Crippen molar-refractivity contribution in [3.05, 3.63) is 0 Å². The summed E-state index contributed by atoms with van der Waals surface area (Å²) in [5.74, 6) is 0. The molecule has 0 unspecified atom stereocenters. The first kappa shape index (κ1) is 12.5. The van der Waals surface area contributed by atoms with E-state index in [2.05, 4.69) is 91.8 Å². The summed E-state index contributed by atoms with van der Waals surface area (Å²) in [6.07, 6.45) is 0. The monoisotopic (exact) mass is 559 g/mol. The van der Waals surface area contributed by atoms with Crippen LogP contribution in [0, 0.1) is 0 Å². The van der Waals surface area contributed by atoms with Gasteiger partial charge >= 0.3 is 0 Å². The Morgan fingerprint density at radius 2 is 0.889 bits per heavy atom. The summed E-state index contributed by atoms with van der Waals surface area (Å²) in [5, 5.41) is 0. The Bertz CT molecular complexity index is 73.5. The third-order valence-corrected chi connectivity index (χ3v) is 56.2. The Labute approximate surface area is 105 Å². The first-order valence-electron chi connectivity index (χ1n) is 1.84. The molecule has 0 atom stereocenters. The zero-order valence-corrected chi connectivity index (χ0v) is 16.9. The molecule has 0 nitrogen and oxygen atoms in total. The predicted octanol–water partition coefficient (Wildman–Crippen LogP) is 3.40. The third kappa shape index (κ3) is 11.5. The van der Waals surface area contributed by atoms with E-state index in [1.807, 2.05) is 0 Å². The van der Waals surface area contributed by atoms with E-state index < -0.39 is 6.90 Å². The number of hydrogen-bond donors (Lipinski definition) is 0. The van der Waals surface area contributed by atoms with Gasteiger partial charge in [0.15, 0.2) is 0 Å². The standard InChI is InChI=1S/Br6H2Si3/c1-8(2,3)7-9(4,5)6/h7H2. The van der Waals surface area contributed by atoms with Crippen LogP contribution >= 0.6 is 91.8 Å². The van der Waals surface area contributed by atoms with E-state index in [0.717, 1.165) is 0 Å². The molecule has 0 aromatic rings. The normalized spacial score (nSPS) is 14.0. The third-order valence-electron chi connectivity index (χ3n) is 0.401. The fourth-order valence-corrected chi connectivity index (χ4v) is 166. The highest BCUT2D eigenvalue weighted by atomic mass is 80.0. The molecule has 0 fully saturated rings. The summed E-state index contributed by atoms with van der Waals surface area (Å²) in [4.78, 5) is 0. The van der Waals surface area contributed by atoms with Gasteiger partial charge in [0, 0.05) is 0 Å². The van der Waals surface area contributed by atoms with Crippen LogP contribution in [-0.2, 0) is 0 Å². The Morgan fingerprint density at radius 3 is 0.889 bits per heavy atom. The molecule has 0 bridgehead atoms. The van der Waals surface area contributed by atoms with Crippen molar-refractivity contribution in [2.45, 2.75) is 0 Å². The molecular weight excluding hydrogens is 564 g/mol. The molecule has 9 heavy (non-hydrogen) atoms. The van der Waals surface area contributed by atoms with Crippen molar-refractivity contribution in [1.29, 1.82) is 0 Å². The van der Waals surface area contributed by atoms with Gasteiger partial charge in [0.05, 0.1) is 8.55 Å². The molecule has 0 saturated heterocycles. The van der Waals surface area contributed by atoms with Crippen molar-refractivity contribution in [3.8, 4) is 0 Å². The van der Waals surface area contributed by atoms with Gasteiger partial charge in [-0.05, 0) is 0 Å². The van der Waals surface area contributed by atoms with Crippen LogP contribution in [0.25, 0.3) is 0 Å². The summed E-state index contributed by atoms with van der Waals surface area (Å²) in [6, 6.07) is 0. The minimum atomic E-state index is -1.30. The molecule has 56 valence electrons. The van der Waals surface area contributed by atoms with E-state index in [0.29, 0.717) is 0 Å². The summed E-state index contributed by atoms with van der Waals surface area (Å²) < 4.78 is -2.59. The minimum absolute atomic E-state index is 0.134. The predicted molar refractivity (Wildman–Crippen MR) is 73.6 cm³/mol. The van der Waals surface area contributed by atoms with Crippen LogP contribution in [0.5, 0.6) is 0 Å². The van der Waals surface area contributed by atoms with E-state index in [9.17, 15) is 0 Å². The summed E-state index contributed by atoms with van der Waals surface area (Å²) in [6.45, 7) is 0. The number of halogens is 6. The van der Waals surface area contributed by atoms with Crippen LogP contribution in [0.2, 0.25) is 0 Å². The van der Waals surface area contributed by atoms with Gasteiger partial charge in [0.1, 0.15) is 0 Å². The average Bonchev–Trinajstić information content (AvgIpc) is 1.14. The Balaban J connectivity index is 3.75. The molecule has 0 aromatic heterocycles. The summed E-state index contributed by atoms with van der Waals surface area (Å²) in [5.41, 5.74) is 0. The van der Waals surface area contributed by atoms with Crippen molar-refractivity contribution in [2.24, 2.45) is 0 Å². The van der Waals surface area contributed by atoms with Gasteiger partial charge in [-0.2, -0.15) is 0 Å². The molecule has 0 aromatic carbocycles. The zero-order valence-electron chi connectivity index (χ0n) is 3.97. The second kappa shape index (κ2) is 4.68. The van der Waals surface area contributed by atoms with E-state index in [-0.39, 0.29) is 8.55 Å². The maximum atomic E-state index is 3.59. The second-order valence-electron chi connectivity index (χ2n) is 1.41. The molecule has 0 saturated carbocycles. The molecule has 0 aliphatic rings. The van der Waals surface area contributed by atoms with Gasteiger partial charge in [-0.15, -0.1) is 91.8 Å². The van der Waals surface area contributed by atoms with Crippen molar-refractivity contribution in [1.82, 2.24) is 0 Å². The highest BCUT2D eigenvalue weighted by Gasteiger charge is 2.36. The molecule has 9 heteroatoms. The molecule has 0 aliphatic heterocycles. The molecule has 0 amide bonds. The van der Waals surface area contributed by atoms with Gasteiger partial charge in [-0.3, -0.25) is 0 Å². The zero-order chi connectivity index (χ0) is 7.71. The van der Waals surface area contributed by atoms with Crippen LogP contribution in [0.3, 0.4) is 0 Å². The van der Waals surface area contributed by atoms with Crippen LogP contribution in [0.15, 0.2) is 0 Å². The average molecular weight is 566 g/mol. The fraction of sp³-hybridized carbons (Fsp3) is 0. The van der Waals surface area contributed by atoms with E-state index >= 15 is 0 Å². The number of hydrogen-bond acceptors (Lipinski definition) is 0. The van der Waals surface area contributed by atoms with Gasteiger partial charge in [-0.1, -0.05) is 0 Å². The minimum Gasteiger partial charge on any atom is -0.101 e. The first-order chi connectivity index (χ1) is 3.71. The summed E-state index contributed by atoms with van der Waals surface area (Å²) >= 11 is 21.6. The maximum Gasteiger partial charge on any atom is 0.247 e.